The maximum Gasteiger partial charge on any atom is 0.305 e. The quantitative estimate of drug-likeness (QED) is 0.815. The van der Waals surface area contributed by atoms with Gasteiger partial charge < -0.3 is 10.0 Å². The van der Waals surface area contributed by atoms with Crippen LogP contribution < -0.4 is 5.14 Å². The van der Waals surface area contributed by atoms with Crippen molar-refractivity contribution < 1.29 is 23.1 Å². The summed E-state index contributed by atoms with van der Waals surface area (Å²) in [5.41, 5.74) is 0.468. The third kappa shape index (κ3) is 3.57. The van der Waals surface area contributed by atoms with Crippen molar-refractivity contribution in [2.75, 3.05) is 6.54 Å². The van der Waals surface area contributed by atoms with Gasteiger partial charge in [-0.05, 0) is 11.6 Å². The Balaban J connectivity index is 2.37. The fourth-order valence-electron chi connectivity index (χ4n) is 2.52. The molecule has 0 radical (unpaired) electrons. The minimum absolute atomic E-state index is 0.138. The standard InChI is InChI=1S/C13H15ClN2O5S/c14-10-4-2-1-3-9(10)11(6-13(18)19)16-7-8(5-12(16)17)22(15,20)21/h1-4,8,11H,5-7H2,(H,18,19)(H2,15,20,21). The molecule has 0 saturated carbocycles. The number of sulfonamides is 1. The molecule has 1 saturated heterocycles. The molecule has 22 heavy (non-hydrogen) atoms. The highest BCUT2D eigenvalue weighted by atomic mass is 35.5. The maximum atomic E-state index is 12.1. The van der Waals surface area contributed by atoms with Crippen molar-refractivity contribution in [1.82, 2.24) is 4.90 Å². The van der Waals surface area contributed by atoms with Crippen molar-refractivity contribution in [3.05, 3.63) is 34.9 Å². The molecule has 1 amide bonds. The van der Waals surface area contributed by atoms with Gasteiger partial charge in [0.2, 0.25) is 15.9 Å². The number of benzene rings is 1. The third-order valence-corrected chi connectivity index (χ3v) is 5.19. The zero-order valence-electron chi connectivity index (χ0n) is 11.5. The molecule has 1 aliphatic heterocycles. The summed E-state index contributed by atoms with van der Waals surface area (Å²) < 4.78 is 22.9. The summed E-state index contributed by atoms with van der Waals surface area (Å²) in [6, 6.07) is 5.73. The van der Waals surface area contributed by atoms with E-state index in [-0.39, 0.29) is 19.4 Å². The zero-order chi connectivity index (χ0) is 16.5. The summed E-state index contributed by atoms with van der Waals surface area (Å²) in [7, 11) is -3.87. The summed E-state index contributed by atoms with van der Waals surface area (Å²) in [5, 5.41) is 13.5. The van der Waals surface area contributed by atoms with E-state index in [0.717, 1.165) is 0 Å². The van der Waals surface area contributed by atoms with Crippen LogP contribution in [0.4, 0.5) is 0 Å². The van der Waals surface area contributed by atoms with Crippen LogP contribution in [0.5, 0.6) is 0 Å². The van der Waals surface area contributed by atoms with E-state index in [0.29, 0.717) is 10.6 Å². The smallest absolute Gasteiger partial charge is 0.305 e. The number of aliphatic carboxylic acids is 1. The van der Waals surface area contributed by atoms with Crippen molar-refractivity contribution in [2.45, 2.75) is 24.1 Å². The molecule has 1 aliphatic rings. The summed E-state index contributed by atoms with van der Waals surface area (Å²) >= 11 is 6.08. The Kier molecular flexibility index (Phi) is 4.74. The van der Waals surface area contributed by atoms with Crippen LogP contribution in [0.1, 0.15) is 24.4 Å². The van der Waals surface area contributed by atoms with Gasteiger partial charge in [-0.1, -0.05) is 29.8 Å². The number of rotatable bonds is 5. The van der Waals surface area contributed by atoms with Crippen LogP contribution >= 0.6 is 11.6 Å². The molecule has 2 unspecified atom stereocenters. The van der Waals surface area contributed by atoms with Crippen LogP contribution in [0.25, 0.3) is 0 Å². The largest absolute Gasteiger partial charge is 0.481 e. The summed E-state index contributed by atoms with van der Waals surface area (Å²) in [6.45, 7) is -0.138. The van der Waals surface area contributed by atoms with E-state index in [4.69, 9.17) is 21.8 Å². The normalized spacial score (nSPS) is 20.2. The van der Waals surface area contributed by atoms with Crippen molar-refractivity contribution in [2.24, 2.45) is 5.14 Å². The maximum absolute atomic E-state index is 12.1. The molecule has 3 N–H and O–H groups in total. The van der Waals surface area contributed by atoms with Gasteiger partial charge in [0.1, 0.15) is 5.25 Å². The molecule has 7 nitrogen and oxygen atoms in total. The highest BCUT2D eigenvalue weighted by molar-refractivity contribution is 7.89. The molecule has 0 bridgehead atoms. The molecule has 9 heteroatoms. The number of likely N-dealkylation sites (tertiary alicyclic amines) is 1. The average Bonchev–Trinajstić information content (AvgIpc) is 2.79. The zero-order valence-corrected chi connectivity index (χ0v) is 13.0. The molecule has 0 spiro atoms. The van der Waals surface area contributed by atoms with Crippen LogP contribution in [0.2, 0.25) is 5.02 Å². The second-order valence-electron chi connectivity index (χ2n) is 5.10. The number of carbonyl (C=O) groups excluding carboxylic acids is 1. The highest BCUT2D eigenvalue weighted by Crippen LogP contribution is 2.34. The van der Waals surface area contributed by atoms with Crippen LogP contribution in [0.3, 0.4) is 0 Å². The first-order valence-corrected chi connectivity index (χ1v) is 8.46. The number of carboxylic acid groups (broad SMARTS) is 1. The van der Waals surface area contributed by atoms with Crippen LogP contribution in [0.15, 0.2) is 24.3 Å². The Hall–Kier alpha value is -1.64. The van der Waals surface area contributed by atoms with E-state index in [1.54, 1.807) is 24.3 Å². The minimum Gasteiger partial charge on any atom is -0.481 e. The molecular formula is C13H15ClN2O5S. The van der Waals surface area contributed by atoms with Gasteiger partial charge in [-0.25, -0.2) is 13.6 Å². The molecule has 2 rings (SSSR count). The van der Waals surface area contributed by atoms with Crippen LogP contribution in [-0.4, -0.2) is 42.1 Å². The van der Waals surface area contributed by atoms with E-state index in [1.165, 1.54) is 4.90 Å². The first-order chi connectivity index (χ1) is 10.2. The topological polar surface area (TPSA) is 118 Å². The Labute approximate surface area is 132 Å². The summed E-state index contributed by atoms with van der Waals surface area (Å²) in [5.74, 6) is -1.57. The van der Waals surface area contributed by atoms with Crippen molar-refractivity contribution >= 4 is 33.5 Å². The first kappa shape index (κ1) is 16.7. The lowest BCUT2D eigenvalue weighted by Crippen LogP contribution is -2.35. The number of nitrogens with zero attached hydrogens (tertiary/aromatic N) is 1. The number of nitrogens with two attached hydrogens (primary N) is 1. The highest BCUT2D eigenvalue weighted by Gasteiger charge is 2.41. The van der Waals surface area contributed by atoms with Gasteiger partial charge in [0.15, 0.2) is 0 Å². The molecule has 0 aliphatic carbocycles. The molecule has 1 fully saturated rings. The van der Waals surface area contributed by atoms with E-state index in [9.17, 15) is 18.0 Å². The first-order valence-electron chi connectivity index (χ1n) is 6.47. The van der Waals surface area contributed by atoms with Crippen molar-refractivity contribution in [1.29, 1.82) is 0 Å². The number of primary sulfonamides is 1. The van der Waals surface area contributed by atoms with Crippen molar-refractivity contribution in [3.8, 4) is 0 Å². The summed E-state index contributed by atoms with van der Waals surface area (Å²) in [6.07, 6.45) is -0.619. The Morgan fingerprint density at radius 2 is 2.09 bits per heavy atom. The van der Waals surface area contributed by atoms with Gasteiger partial charge in [-0.3, -0.25) is 9.59 Å². The van der Waals surface area contributed by atoms with Gasteiger partial charge in [0.25, 0.3) is 0 Å². The van der Waals surface area contributed by atoms with E-state index < -0.39 is 33.2 Å². The third-order valence-electron chi connectivity index (χ3n) is 3.60. The Morgan fingerprint density at radius 1 is 1.45 bits per heavy atom. The predicted octanol–water partition coefficient (Wildman–Crippen LogP) is 0.745. The van der Waals surface area contributed by atoms with Crippen LogP contribution in [0, 0.1) is 0 Å². The Morgan fingerprint density at radius 3 is 2.59 bits per heavy atom. The monoisotopic (exact) mass is 346 g/mol. The van der Waals surface area contributed by atoms with E-state index >= 15 is 0 Å². The molecule has 0 aromatic heterocycles. The van der Waals surface area contributed by atoms with Crippen LogP contribution in [-0.2, 0) is 19.6 Å². The van der Waals surface area contributed by atoms with E-state index in [2.05, 4.69) is 0 Å². The lowest BCUT2D eigenvalue weighted by atomic mass is 10.0. The molecule has 1 aromatic carbocycles. The average molecular weight is 347 g/mol. The molecule has 1 aromatic rings. The fourth-order valence-corrected chi connectivity index (χ4v) is 3.52. The van der Waals surface area contributed by atoms with Gasteiger partial charge in [0.05, 0.1) is 12.5 Å². The van der Waals surface area contributed by atoms with Gasteiger partial charge in [0, 0.05) is 18.0 Å². The van der Waals surface area contributed by atoms with Gasteiger partial charge in [-0.2, -0.15) is 0 Å². The number of carboxylic acids is 1. The second-order valence-corrected chi connectivity index (χ2v) is 7.35. The molecule has 1 heterocycles. The number of hydrogen-bond donors (Lipinski definition) is 2. The fraction of sp³-hybridized carbons (Fsp3) is 0.385. The lowest BCUT2D eigenvalue weighted by Gasteiger charge is -2.28. The number of amides is 1. The molecular weight excluding hydrogens is 332 g/mol. The number of hydrogen-bond acceptors (Lipinski definition) is 4. The lowest BCUT2D eigenvalue weighted by molar-refractivity contribution is -0.139. The summed E-state index contributed by atoms with van der Waals surface area (Å²) in [4.78, 5) is 24.4. The SMILES string of the molecule is NS(=O)(=O)C1CC(=O)N(C(CC(=O)O)c2ccccc2Cl)C1. The Bertz CT molecular complexity index is 706. The number of halogens is 1. The minimum atomic E-state index is -3.87. The molecule has 120 valence electrons. The van der Waals surface area contributed by atoms with Gasteiger partial charge >= 0.3 is 5.97 Å². The number of carbonyl (C=O) groups is 2. The van der Waals surface area contributed by atoms with E-state index in [1.807, 2.05) is 0 Å². The van der Waals surface area contributed by atoms with Gasteiger partial charge in [-0.15, -0.1) is 0 Å². The van der Waals surface area contributed by atoms with Crippen molar-refractivity contribution in [3.63, 3.8) is 0 Å². The predicted molar refractivity (Wildman–Crippen MR) is 79.7 cm³/mol. The second kappa shape index (κ2) is 6.23. The molecule has 2 atom stereocenters.